The highest BCUT2D eigenvalue weighted by atomic mass is 32.1. The first kappa shape index (κ1) is 20.4. The Bertz CT molecular complexity index is 1230. The monoisotopic (exact) mass is 438 g/mol. The first-order valence-electron chi connectivity index (χ1n) is 9.52. The van der Waals surface area contributed by atoms with Crippen LogP contribution in [0.3, 0.4) is 0 Å². The lowest BCUT2D eigenvalue weighted by Crippen LogP contribution is -2.20. The van der Waals surface area contributed by atoms with Crippen LogP contribution < -0.4 is 10.1 Å². The lowest BCUT2D eigenvalue weighted by Gasteiger charge is -2.08. The van der Waals surface area contributed by atoms with Crippen molar-refractivity contribution in [3.63, 3.8) is 0 Å². The summed E-state index contributed by atoms with van der Waals surface area (Å²) in [4.78, 5) is 23.2. The van der Waals surface area contributed by atoms with E-state index in [1.165, 1.54) is 35.6 Å². The number of aryl methyl sites for hydroxylation is 1. The van der Waals surface area contributed by atoms with Crippen molar-refractivity contribution in [2.24, 2.45) is 0 Å². The average Bonchev–Trinajstić information content (AvgIpc) is 3.35. The van der Waals surface area contributed by atoms with E-state index in [9.17, 15) is 14.9 Å². The Hall–Kier alpha value is -3.86. The van der Waals surface area contributed by atoms with Crippen LogP contribution in [0, 0.1) is 10.1 Å². The normalized spacial score (nSPS) is 10.9. The minimum Gasteiger partial charge on any atom is -0.484 e. The molecule has 0 unspecified atom stereocenters. The Balaban J connectivity index is 1.41. The van der Waals surface area contributed by atoms with Gasteiger partial charge in [0, 0.05) is 29.8 Å². The third-order valence-electron chi connectivity index (χ3n) is 4.34. The fraction of sp³-hybridized carbons (Fsp3) is 0.200. The van der Waals surface area contributed by atoms with Gasteiger partial charge in [0.25, 0.3) is 11.6 Å². The van der Waals surface area contributed by atoms with Crippen molar-refractivity contribution >= 4 is 33.6 Å². The van der Waals surface area contributed by atoms with Gasteiger partial charge >= 0.3 is 0 Å². The maximum Gasteiger partial charge on any atom is 0.269 e. The lowest BCUT2D eigenvalue weighted by molar-refractivity contribution is -0.384. The molecule has 1 amide bonds. The zero-order valence-electron chi connectivity index (χ0n) is 16.5. The van der Waals surface area contributed by atoms with Gasteiger partial charge < -0.3 is 10.1 Å². The molecule has 10 nitrogen and oxygen atoms in total. The number of nitro benzene ring substituents is 1. The maximum atomic E-state index is 12.2. The molecule has 1 N–H and O–H groups in total. The van der Waals surface area contributed by atoms with Crippen LogP contribution in [0.4, 0.5) is 11.4 Å². The number of anilines is 1. The first-order chi connectivity index (χ1) is 15.0. The van der Waals surface area contributed by atoms with Gasteiger partial charge in [0.2, 0.25) is 4.96 Å². The van der Waals surface area contributed by atoms with Crippen molar-refractivity contribution < 1.29 is 14.5 Å². The van der Waals surface area contributed by atoms with Gasteiger partial charge in [-0.1, -0.05) is 30.4 Å². The number of amides is 1. The van der Waals surface area contributed by atoms with Crippen LogP contribution in [0.15, 0.2) is 48.5 Å². The van der Waals surface area contributed by atoms with Crippen LogP contribution in [0.25, 0.3) is 15.5 Å². The number of non-ortho nitro benzene ring substituents is 1. The Morgan fingerprint density at radius 3 is 2.77 bits per heavy atom. The van der Waals surface area contributed by atoms with Crippen molar-refractivity contribution in [1.29, 1.82) is 0 Å². The molecule has 31 heavy (non-hydrogen) atoms. The van der Waals surface area contributed by atoms with Crippen molar-refractivity contribution in [3.8, 4) is 16.3 Å². The van der Waals surface area contributed by atoms with E-state index in [2.05, 4.69) is 27.5 Å². The molecule has 0 radical (unpaired) electrons. The minimum absolute atomic E-state index is 0.0409. The first-order valence-corrected chi connectivity index (χ1v) is 10.3. The Labute approximate surface area is 180 Å². The highest BCUT2D eigenvalue weighted by molar-refractivity contribution is 7.19. The third kappa shape index (κ3) is 4.67. The Morgan fingerprint density at radius 1 is 1.23 bits per heavy atom. The molecule has 0 saturated heterocycles. The molecule has 4 aromatic rings. The molecule has 0 fully saturated rings. The topological polar surface area (TPSA) is 125 Å². The van der Waals surface area contributed by atoms with Crippen molar-refractivity contribution in [3.05, 3.63) is 64.5 Å². The standard InChI is InChI=1S/C20H18N6O4S/c1-2-4-17-22-23-20-25(17)24-19(31-20)13-5-3-6-14(11-13)21-18(27)12-30-16-9-7-15(8-10-16)26(28)29/h3,5-11H,2,4,12H2,1H3,(H,21,27). The summed E-state index contributed by atoms with van der Waals surface area (Å²) in [6, 6.07) is 12.9. The predicted octanol–water partition coefficient (Wildman–Crippen LogP) is 3.73. The van der Waals surface area contributed by atoms with Gasteiger partial charge in [0.05, 0.1) is 4.92 Å². The van der Waals surface area contributed by atoms with Gasteiger partial charge in [0.1, 0.15) is 10.8 Å². The Morgan fingerprint density at radius 2 is 2.03 bits per heavy atom. The zero-order chi connectivity index (χ0) is 21.8. The van der Waals surface area contributed by atoms with E-state index in [1.807, 2.05) is 18.2 Å². The van der Waals surface area contributed by atoms with Gasteiger partial charge in [-0.2, -0.15) is 9.61 Å². The van der Waals surface area contributed by atoms with Gasteiger partial charge in [0.15, 0.2) is 12.4 Å². The SMILES string of the molecule is CCCc1nnc2sc(-c3cccc(NC(=O)COc4ccc([N+](=O)[O-])cc4)c3)nn12. The van der Waals surface area contributed by atoms with E-state index in [0.29, 0.717) is 11.4 Å². The second kappa shape index (κ2) is 8.88. The van der Waals surface area contributed by atoms with Crippen LogP contribution in [-0.4, -0.2) is 37.2 Å². The highest BCUT2D eigenvalue weighted by Crippen LogP contribution is 2.27. The largest absolute Gasteiger partial charge is 0.484 e. The van der Waals surface area contributed by atoms with Crippen LogP contribution in [-0.2, 0) is 11.2 Å². The summed E-state index contributed by atoms with van der Waals surface area (Å²) in [5.41, 5.74) is 1.42. The summed E-state index contributed by atoms with van der Waals surface area (Å²) >= 11 is 1.43. The minimum atomic E-state index is -0.495. The molecule has 0 spiro atoms. The number of carbonyl (C=O) groups excluding carboxylic acids is 1. The number of rotatable bonds is 8. The van der Waals surface area contributed by atoms with Crippen molar-refractivity contribution in [1.82, 2.24) is 19.8 Å². The number of carbonyl (C=O) groups is 1. The lowest BCUT2D eigenvalue weighted by atomic mass is 10.2. The molecule has 0 bridgehead atoms. The molecule has 2 heterocycles. The van der Waals surface area contributed by atoms with Gasteiger partial charge in [-0.3, -0.25) is 14.9 Å². The van der Waals surface area contributed by atoms with E-state index in [1.54, 1.807) is 10.6 Å². The Kier molecular flexibility index (Phi) is 5.85. The van der Waals surface area contributed by atoms with Crippen LogP contribution >= 0.6 is 11.3 Å². The number of hydrogen-bond acceptors (Lipinski definition) is 8. The number of fused-ring (bicyclic) bond motifs is 1. The molecule has 0 aliphatic carbocycles. The summed E-state index contributed by atoms with van der Waals surface area (Å²) in [6.45, 7) is 1.85. The summed E-state index contributed by atoms with van der Waals surface area (Å²) in [5.74, 6) is 0.851. The summed E-state index contributed by atoms with van der Waals surface area (Å²) in [7, 11) is 0. The second-order valence-corrected chi connectivity index (χ2v) is 7.59. The van der Waals surface area contributed by atoms with Gasteiger partial charge in [-0.05, 0) is 30.7 Å². The number of nitrogens with one attached hydrogen (secondary N) is 1. The van der Waals surface area contributed by atoms with Crippen LogP contribution in [0.2, 0.25) is 0 Å². The smallest absolute Gasteiger partial charge is 0.269 e. The molecular weight excluding hydrogens is 420 g/mol. The fourth-order valence-electron chi connectivity index (χ4n) is 2.89. The molecule has 2 aromatic carbocycles. The predicted molar refractivity (Wildman–Crippen MR) is 115 cm³/mol. The highest BCUT2D eigenvalue weighted by Gasteiger charge is 2.13. The molecule has 2 aromatic heterocycles. The summed E-state index contributed by atoms with van der Waals surface area (Å²) in [5, 5.41) is 27.2. The number of nitrogens with zero attached hydrogens (tertiary/aromatic N) is 5. The number of nitro groups is 1. The van der Waals surface area contributed by atoms with Gasteiger partial charge in [-0.25, -0.2) is 0 Å². The molecule has 0 aliphatic rings. The van der Waals surface area contributed by atoms with E-state index in [-0.39, 0.29) is 18.2 Å². The number of ether oxygens (including phenoxy) is 1. The molecule has 158 valence electrons. The maximum absolute atomic E-state index is 12.2. The van der Waals surface area contributed by atoms with Crippen molar-refractivity contribution in [2.75, 3.05) is 11.9 Å². The van der Waals surface area contributed by atoms with Crippen molar-refractivity contribution in [2.45, 2.75) is 19.8 Å². The number of benzene rings is 2. The van der Waals surface area contributed by atoms with Crippen LogP contribution in [0.1, 0.15) is 19.2 Å². The van der Waals surface area contributed by atoms with E-state index >= 15 is 0 Å². The summed E-state index contributed by atoms with van der Waals surface area (Å²) in [6.07, 6.45) is 1.76. The van der Waals surface area contributed by atoms with Gasteiger partial charge in [-0.15, -0.1) is 10.2 Å². The molecular formula is C20H18N6O4S. The quantitative estimate of drug-likeness (QED) is 0.328. The number of hydrogen-bond donors (Lipinski definition) is 1. The van der Waals surface area contributed by atoms with E-state index < -0.39 is 4.92 Å². The second-order valence-electron chi connectivity index (χ2n) is 6.64. The third-order valence-corrected chi connectivity index (χ3v) is 5.29. The molecule has 0 atom stereocenters. The fourth-order valence-corrected chi connectivity index (χ4v) is 3.75. The molecule has 4 rings (SSSR count). The summed E-state index contributed by atoms with van der Waals surface area (Å²) < 4.78 is 7.15. The number of aromatic nitrogens is 4. The average molecular weight is 438 g/mol. The molecule has 11 heteroatoms. The molecule has 0 aliphatic heterocycles. The zero-order valence-corrected chi connectivity index (χ0v) is 17.3. The van der Waals surface area contributed by atoms with E-state index in [0.717, 1.165) is 34.2 Å². The van der Waals surface area contributed by atoms with E-state index in [4.69, 9.17) is 4.74 Å². The molecule has 0 saturated carbocycles. The van der Waals surface area contributed by atoms with Crippen LogP contribution in [0.5, 0.6) is 5.75 Å².